The molecular formula is C22H15ClN4. The molecule has 2 aromatic heterocycles. The number of benzene rings is 2. The van der Waals surface area contributed by atoms with Crippen LogP contribution in [0.1, 0.15) is 5.69 Å². The van der Waals surface area contributed by atoms with Crippen LogP contribution in [0, 0.1) is 12.3 Å². The van der Waals surface area contributed by atoms with Gasteiger partial charge in [-0.25, -0.2) is 9.97 Å². The highest BCUT2D eigenvalue weighted by Gasteiger charge is 2.16. The van der Waals surface area contributed by atoms with Gasteiger partial charge in [-0.3, -0.25) is 4.98 Å². The number of halogens is 1. The van der Waals surface area contributed by atoms with Gasteiger partial charge in [-0.2, -0.15) is 0 Å². The molecule has 130 valence electrons. The average molecular weight is 371 g/mol. The van der Waals surface area contributed by atoms with Gasteiger partial charge in [0.25, 0.3) is 0 Å². The molecule has 0 bridgehead atoms. The first-order chi connectivity index (χ1) is 13.2. The number of rotatable bonds is 3. The number of nitrogens with zero attached hydrogens (tertiary/aromatic N) is 3. The molecule has 0 amide bonds. The molecule has 0 unspecified atom stereocenters. The highest BCUT2D eigenvalue weighted by atomic mass is 35.5. The van der Waals surface area contributed by atoms with E-state index in [2.05, 4.69) is 15.9 Å². The predicted molar refractivity (Wildman–Crippen MR) is 110 cm³/mol. The summed E-state index contributed by atoms with van der Waals surface area (Å²) in [4.78, 5) is 13.7. The van der Waals surface area contributed by atoms with Crippen LogP contribution in [0.5, 0.6) is 0 Å². The van der Waals surface area contributed by atoms with Gasteiger partial charge in [0.15, 0.2) is 0 Å². The van der Waals surface area contributed by atoms with E-state index in [4.69, 9.17) is 28.7 Å². The summed E-state index contributed by atoms with van der Waals surface area (Å²) in [5, 5.41) is 1.48. The van der Waals surface area contributed by atoms with Crippen molar-refractivity contribution in [3.8, 4) is 34.9 Å². The Hall–Kier alpha value is -3.42. The third-order valence-corrected chi connectivity index (χ3v) is 4.54. The molecule has 0 aliphatic carbocycles. The quantitative estimate of drug-likeness (QED) is 0.527. The number of nitrogens with two attached hydrogens (primary N) is 1. The summed E-state index contributed by atoms with van der Waals surface area (Å²) in [6.45, 7) is 0. The Balaban J connectivity index is 2.01. The molecule has 0 saturated carbocycles. The van der Waals surface area contributed by atoms with E-state index < -0.39 is 0 Å². The normalized spacial score (nSPS) is 10.7. The molecule has 0 spiro atoms. The van der Waals surface area contributed by atoms with E-state index >= 15 is 0 Å². The molecule has 0 fully saturated rings. The lowest BCUT2D eigenvalue weighted by Crippen LogP contribution is -2.05. The van der Waals surface area contributed by atoms with E-state index in [9.17, 15) is 0 Å². The van der Waals surface area contributed by atoms with Crippen LogP contribution in [-0.4, -0.2) is 15.0 Å². The lowest BCUT2D eigenvalue weighted by Gasteiger charge is -2.13. The second-order valence-electron chi connectivity index (χ2n) is 6.03. The van der Waals surface area contributed by atoms with Crippen molar-refractivity contribution in [1.29, 1.82) is 0 Å². The number of fused-ring (bicyclic) bond motifs is 1. The minimum atomic E-state index is 0.309. The number of nitrogen functional groups attached to an aromatic ring is 1. The van der Waals surface area contributed by atoms with Crippen LogP contribution < -0.4 is 5.73 Å². The van der Waals surface area contributed by atoms with Crippen LogP contribution in [0.15, 0.2) is 60.8 Å². The molecule has 2 N–H and O–H groups in total. The van der Waals surface area contributed by atoms with Crippen LogP contribution in [0.2, 0.25) is 5.02 Å². The monoisotopic (exact) mass is 370 g/mol. The van der Waals surface area contributed by atoms with Crippen molar-refractivity contribution in [3.63, 3.8) is 0 Å². The van der Waals surface area contributed by atoms with Crippen LogP contribution >= 0.6 is 11.6 Å². The van der Waals surface area contributed by atoms with Gasteiger partial charge < -0.3 is 5.73 Å². The molecule has 0 atom stereocenters. The fraction of sp³-hybridized carbons (Fsp3) is 0.0455. The molecule has 27 heavy (non-hydrogen) atoms. The minimum Gasteiger partial charge on any atom is -0.382 e. The van der Waals surface area contributed by atoms with E-state index in [0.29, 0.717) is 34.3 Å². The summed E-state index contributed by atoms with van der Waals surface area (Å²) in [6.07, 6.45) is 7.49. The van der Waals surface area contributed by atoms with E-state index in [1.807, 2.05) is 54.6 Å². The van der Waals surface area contributed by atoms with E-state index in [0.717, 1.165) is 22.0 Å². The second kappa shape index (κ2) is 7.06. The molecule has 4 rings (SSSR count). The lowest BCUT2D eigenvalue weighted by atomic mass is 10.0. The van der Waals surface area contributed by atoms with Gasteiger partial charge in [0.1, 0.15) is 5.82 Å². The number of aromatic nitrogens is 3. The third-order valence-electron chi connectivity index (χ3n) is 4.25. The summed E-state index contributed by atoms with van der Waals surface area (Å²) in [5.41, 5.74) is 10.6. The molecule has 5 heteroatoms. The van der Waals surface area contributed by atoms with E-state index in [-0.39, 0.29) is 0 Å². The maximum absolute atomic E-state index is 6.47. The van der Waals surface area contributed by atoms with Crippen LogP contribution in [0.3, 0.4) is 0 Å². The average Bonchev–Trinajstić information content (AvgIpc) is 2.70. The largest absolute Gasteiger partial charge is 0.382 e. The summed E-state index contributed by atoms with van der Waals surface area (Å²) in [7, 11) is 0. The molecule has 4 aromatic rings. The van der Waals surface area contributed by atoms with Crippen LogP contribution in [0.25, 0.3) is 33.4 Å². The Bertz CT molecular complexity index is 1180. The number of terminal acetylenes is 1. The fourth-order valence-electron chi connectivity index (χ4n) is 2.99. The van der Waals surface area contributed by atoms with Crippen LogP contribution in [0.4, 0.5) is 5.82 Å². The fourth-order valence-corrected chi connectivity index (χ4v) is 3.27. The van der Waals surface area contributed by atoms with Crippen molar-refractivity contribution in [2.45, 2.75) is 6.42 Å². The molecule has 0 radical (unpaired) electrons. The summed E-state index contributed by atoms with van der Waals surface area (Å²) < 4.78 is 0. The summed E-state index contributed by atoms with van der Waals surface area (Å²) in [5.74, 6) is 2.92. The Kier molecular flexibility index (Phi) is 4.45. The summed E-state index contributed by atoms with van der Waals surface area (Å²) >= 11 is 6.47. The lowest BCUT2D eigenvalue weighted by molar-refractivity contribution is 1.09. The van der Waals surface area contributed by atoms with E-state index in [1.165, 1.54) is 0 Å². The van der Waals surface area contributed by atoms with Gasteiger partial charge in [0.2, 0.25) is 0 Å². The first kappa shape index (κ1) is 17.0. The second-order valence-corrected chi connectivity index (χ2v) is 6.44. The molecule has 0 aliphatic rings. The van der Waals surface area contributed by atoms with Crippen molar-refractivity contribution in [2.24, 2.45) is 0 Å². The van der Waals surface area contributed by atoms with E-state index in [1.54, 1.807) is 6.20 Å². The molecule has 2 heterocycles. The molecule has 0 saturated heterocycles. The molecule has 4 nitrogen and oxygen atoms in total. The number of pyridine rings is 1. The highest BCUT2D eigenvalue weighted by Crippen LogP contribution is 2.34. The zero-order valence-electron chi connectivity index (χ0n) is 14.4. The van der Waals surface area contributed by atoms with Gasteiger partial charge in [-0.1, -0.05) is 48.0 Å². The number of hydrogen-bond donors (Lipinski definition) is 1. The van der Waals surface area contributed by atoms with Crippen molar-refractivity contribution in [2.75, 3.05) is 5.73 Å². The first-order valence-electron chi connectivity index (χ1n) is 8.37. The molecule has 2 aromatic carbocycles. The Morgan fingerprint density at radius 1 is 0.963 bits per heavy atom. The highest BCUT2D eigenvalue weighted by molar-refractivity contribution is 6.35. The van der Waals surface area contributed by atoms with Crippen molar-refractivity contribution < 1.29 is 0 Å². The number of anilines is 1. The number of hydrogen-bond acceptors (Lipinski definition) is 4. The van der Waals surface area contributed by atoms with Gasteiger partial charge in [-0.05, 0) is 18.2 Å². The Labute approximate surface area is 162 Å². The zero-order valence-corrected chi connectivity index (χ0v) is 15.1. The standard InChI is InChI=1S/C22H15ClN4/c1-2-7-18-22(24)27-20(14-8-4-3-5-9-14)21(26-18)16-12-15-10-6-11-25-19(15)17(23)13-16/h1,3-6,8-13H,7H2,(H2,24,27). The predicted octanol–water partition coefficient (Wildman–Crippen LogP) is 4.77. The smallest absolute Gasteiger partial charge is 0.146 e. The summed E-state index contributed by atoms with van der Waals surface area (Å²) in [6, 6.07) is 17.5. The first-order valence-corrected chi connectivity index (χ1v) is 8.75. The minimum absolute atomic E-state index is 0.309. The van der Waals surface area contributed by atoms with Crippen molar-refractivity contribution in [3.05, 3.63) is 71.5 Å². The SMILES string of the molecule is C#CCc1nc(-c2cc(Cl)c3ncccc3c2)c(-c2ccccc2)nc1N. The van der Waals surface area contributed by atoms with Crippen LogP contribution in [-0.2, 0) is 6.42 Å². The van der Waals surface area contributed by atoms with Gasteiger partial charge >= 0.3 is 0 Å². The zero-order chi connectivity index (χ0) is 18.8. The Morgan fingerprint density at radius 2 is 1.74 bits per heavy atom. The van der Waals surface area contributed by atoms with Crippen molar-refractivity contribution >= 4 is 28.3 Å². The maximum Gasteiger partial charge on any atom is 0.146 e. The maximum atomic E-state index is 6.47. The topological polar surface area (TPSA) is 64.7 Å². The third kappa shape index (κ3) is 3.21. The molecular weight excluding hydrogens is 356 g/mol. The van der Waals surface area contributed by atoms with Gasteiger partial charge in [-0.15, -0.1) is 12.3 Å². The molecule has 0 aliphatic heterocycles. The Morgan fingerprint density at radius 3 is 2.52 bits per heavy atom. The van der Waals surface area contributed by atoms with Crippen molar-refractivity contribution in [1.82, 2.24) is 15.0 Å². The van der Waals surface area contributed by atoms with Gasteiger partial charge in [0.05, 0.1) is 34.0 Å². The van der Waals surface area contributed by atoms with Gasteiger partial charge in [0, 0.05) is 22.7 Å².